The van der Waals surface area contributed by atoms with E-state index in [1.807, 2.05) is 27.7 Å². The lowest BCUT2D eigenvalue weighted by molar-refractivity contribution is -0.140. The van der Waals surface area contributed by atoms with Gasteiger partial charge in [0, 0.05) is 22.5 Å². The van der Waals surface area contributed by atoms with Crippen LogP contribution in [0.3, 0.4) is 0 Å². The molecule has 1 heterocycles. The fourth-order valence-corrected chi connectivity index (χ4v) is 3.64. The molecule has 0 amide bonds. The van der Waals surface area contributed by atoms with Crippen LogP contribution in [0.1, 0.15) is 50.9 Å². The summed E-state index contributed by atoms with van der Waals surface area (Å²) in [6.07, 6.45) is 0.528. The van der Waals surface area contributed by atoms with Crippen molar-refractivity contribution in [2.45, 2.75) is 51.7 Å². The zero-order valence-electron chi connectivity index (χ0n) is 20.6. The van der Waals surface area contributed by atoms with Crippen LogP contribution in [-0.4, -0.2) is 50.3 Å². The van der Waals surface area contributed by atoms with Crippen molar-refractivity contribution in [1.29, 1.82) is 0 Å². The third-order valence-corrected chi connectivity index (χ3v) is 6.58. The van der Waals surface area contributed by atoms with Gasteiger partial charge in [-0.3, -0.25) is 9.59 Å². The van der Waals surface area contributed by atoms with Gasteiger partial charge in [-0.25, -0.2) is 4.39 Å². The molecule has 1 aliphatic rings. The van der Waals surface area contributed by atoms with Crippen LogP contribution in [-0.2, 0) is 18.8 Å². The first-order valence-electron chi connectivity index (χ1n) is 11.4. The number of methoxy groups -OCH3 is 1. The number of carbonyl (C=O) groups is 2. The Morgan fingerprint density at radius 3 is 2.46 bits per heavy atom. The summed E-state index contributed by atoms with van der Waals surface area (Å²) >= 11 is 6.39. The summed E-state index contributed by atoms with van der Waals surface area (Å²) in [7, 11) is 0.597. The third kappa shape index (κ3) is 6.34. The summed E-state index contributed by atoms with van der Waals surface area (Å²) in [5.41, 5.74) is 0.206. The monoisotopic (exact) mass is 505 g/mol. The van der Waals surface area contributed by atoms with Gasteiger partial charge in [0.1, 0.15) is 0 Å². The van der Waals surface area contributed by atoms with E-state index in [1.165, 1.54) is 19.2 Å². The number of anilines is 1. The van der Waals surface area contributed by atoms with Crippen LogP contribution >= 0.6 is 11.6 Å². The zero-order chi connectivity index (χ0) is 25.8. The lowest BCUT2D eigenvalue weighted by Gasteiger charge is -2.32. The molecule has 188 valence electrons. The topological polar surface area (TPSA) is 83.1 Å². The Morgan fingerprint density at radius 1 is 1.11 bits per heavy atom. The molecular formula is C25H30BClFNO6. The first kappa shape index (κ1) is 27.0. The molecule has 3 rings (SSSR count). The van der Waals surface area contributed by atoms with E-state index in [1.54, 1.807) is 24.3 Å². The van der Waals surface area contributed by atoms with Crippen LogP contribution in [0.15, 0.2) is 36.4 Å². The second-order valence-electron chi connectivity index (χ2n) is 9.25. The van der Waals surface area contributed by atoms with E-state index in [0.29, 0.717) is 28.2 Å². The highest BCUT2D eigenvalue weighted by molar-refractivity contribution is 6.65. The highest BCUT2D eigenvalue weighted by atomic mass is 35.5. The van der Waals surface area contributed by atoms with Crippen molar-refractivity contribution in [2.24, 2.45) is 0 Å². The van der Waals surface area contributed by atoms with Crippen molar-refractivity contribution in [1.82, 2.24) is 0 Å². The number of para-hydroxylation sites is 1. The molecule has 1 fully saturated rings. The minimum atomic E-state index is -0.707. The molecule has 1 N–H and O–H groups in total. The normalized spacial score (nSPS) is 16.1. The summed E-state index contributed by atoms with van der Waals surface area (Å²) in [6, 6.07) is 9.30. The van der Waals surface area contributed by atoms with Gasteiger partial charge in [0.15, 0.2) is 17.3 Å². The van der Waals surface area contributed by atoms with Gasteiger partial charge < -0.3 is 24.1 Å². The Hall–Kier alpha value is -2.62. The van der Waals surface area contributed by atoms with Gasteiger partial charge in [0.2, 0.25) is 0 Å². The summed E-state index contributed by atoms with van der Waals surface area (Å²) in [6.45, 7) is 7.77. The molecule has 0 saturated carbocycles. The average molecular weight is 506 g/mol. The van der Waals surface area contributed by atoms with Crippen LogP contribution in [0.5, 0.6) is 5.75 Å². The summed E-state index contributed by atoms with van der Waals surface area (Å²) in [5.74, 6) is -1.19. The molecule has 0 unspecified atom stereocenters. The lowest BCUT2D eigenvalue weighted by atomic mass is 9.78. The largest absolute Gasteiger partial charge is 0.496 e. The highest BCUT2D eigenvalue weighted by Crippen LogP contribution is 2.37. The molecule has 0 aliphatic carbocycles. The summed E-state index contributed by atoms with van der Waals surface area (Å²) in [5, 5.41) is 3.37. The van der Waals surface area contributed by atoms with Gasteiger partial charge in [-0.15, -0.1) is 0 Å². The maximum atomic E-state index is 14.4. The molecule has 1 saturated heterocycles. The molecule has 0 radical (unpaired) electrons. The number of esters is 1. The second-order valence-corrected chi connectivity index (χ2v) is 9.65. The standard InChI is InChI=1S/C25H30BClFNO6/c1-24(2)25(3,4)35-26(34-24)17-14-16(11-12-18(17)27)21(30)15-29-20-9-6-8-19(28)23(20)33-13-7-10-22(31)32-5/h6,8-9,11-12,14,29H,7,10,13,15H2,1-5H3. The molecule has 0 atom stereocenters. The van der Waals surface area contributed by atoms with Gasteiger partial charge in [0.25, 0.3) is 0 Å². The number of halogens is 2. The van der Waals surface area contributed by atoms with E-state index >= 15 is 0 Å². The summed E-state index contributed by atoms with van der Waals surface area (Å²) in [4.78, 5) is 24.2. The van der Waals surface area contributed by atoms with Crippen LogP contribution in [0.2, 0.25) is 5.02 Å². The Labute approximate surface area is 210 Å². The molecule has 2 aromatic carbocycles. The highest BCUT2D eigenvalue weighted by Gasteiger charge is 2.52. The Balaban J connectivity index is 1.68. The van der Waals surface area contributed by atoms with Crippen molar-refractivity contribution in [2.75, 3.05) is 25.6 Å². The first-order valence-corrected chi connectivity index (χ1v) is 11.7. The van der Waals surface area contributed by atoms with Gasteiger partial charge in [-0.1, -0.05) is 23.7 Å². The fourth-order valence-electron chi connectivity index (χ4n) is 3.43. The lowest BCUT2D eigenvalue weighted by Crippen LogP contribution is -2.41. The Bertz CT molecular complexity index is 1080. The average Bonchev–Trinajstić information content (AvgIpc) is 3.02. The quantitative estimate of drug-likeness (QED) is 0.222. The Kier molecular flexibility index (Phi) is 8.46. The molecule has 35 heavy (non-hydrogen) atoms. The maximum Gasteiger partial charge on any atom is 0.496 e. The molecule has 2 aromatic rings. The van der Waals surface area contributed by atoms with Gasteiger partial charge in [-0.2, -0.15) is 0 Å². The van der Waals surface area contributed by atoms with Crippen LogP contribution in [0.4, 0.5) is 10.1 Å². The minimum Gasteiger partial charge on any atom is -0.488 e. The van der Waals surface area contributed by atoms with Gasteiger partial charge in [0.05, 0.1) is 37.2 Å². The number of ether oxygens (including phenoxy) is 2. The van der Waals surface area contributed by atoms with E-state index in [0.717, 1.165) is 0 Å². The first-order chi connectivity index (χ1) is 16.4. The second kappa shape index (κ2) is 11.0. The third-order valence-electron chi connectivity index (χ3n) is 6.23. The van der Waals surface area contributed by atoms with E-state index in [-0.39, 0.29) is 37.1 Å². The number of carbonyl (C=O) groups excluding carboxylic acids is 2. The van der Waals surface area contributed by atoms with Crippen molar-refractivity contribution in [3.63, 3.8) is 0 Å². The van der Waals surface area contributed by atoms with E-state index in [9.17, 15) is 14.0 Å². The van der Waals surface area contributed by atoms with E-state index in [2.05, 4.69) is 10.1 Å². The number of hydrogen-bond acceptors (Lipinski definition) is 7. The summed E-state index contributed by atoms with van der Waals surface area (Å²) < 4.78 is 36.6. The number of nitrogens with one attached hydrogen (secondary N) is 1. The molecule has 0 bridgehead atoms. The van der Waals surface area contributed by atoms with Crippen molar-refractivity contribution in [3.05, 3.63) is 52.8 Å². The number of Topliss-reactive ketones (excluding diaryl/α,β-unsaturated/α-hetero) is 1. The van der Waals surface area contributed by atoms with Crippen LogP contribution < -0.4 is 15.5 Å². The zero-order valence-corrected chi connectivity index (χ0v) is 21.3. The van der Waals surface area contributed by atoms with Crippen LogP contribution in [0, 0.1) is 5.82 Å². The smallest absolute Gasteiger partial charge is 0.488 e. The van der Waals surface area contributed by atoms with Gasteiger partial charge in [-0.05, 0) is 58.4 Å². The number of benzene rings is 2. The van der Waals surface area contributed by atoms with E-state index < -0.39 is 24.1 Å². The molecule has 1 aliphatic heterocycles. The molecule has 0 spiro atoms. The number of ketones is 1. The SMILES string of the molecule is COC(=O)CCCOc1c(F)cccc1NCC(=O)c1ccc(Cl)c(B2OC(C)(C)C(C)(C)O2)c1. The maximum absolute atomic E-state index is 14.4. The Morgan fingerprint density at radius 2 is 1.80 bits per heavy atom. The molecule has 7 nitrogen and oxygen atoms in total. The fraction of sp³-hybridized carbons (Fsp3) is 0.440. The predicted octanol–water partition coefficient (Wildman–Crippen LogP) is 4.41. The van der Waals surface area contributed by atoms with Gasteiger partial charge >= 0.3 is 13.1 Å². The van der Waals surface area contributed by atoms with Crippen molar-refractivity contribution >= 4 is 41.6 Å². The van der Waals surface area contributed by atoms with Crippen molar-refractivity contribution in [3.8, 4) is 5.75 Å². The molecular weight excluding hydrogens is 476 g/mol. The van der Waals surface area contributed by atoms with Crippen molar-refractivity contribution < 1.29 is 32.8 Å². The van der Waals surface area contributed by atoms with Crippen LogP contribution in [0.25, 0.3) is 0 Å². The number of rotatable bonds is 10. The molecule has 0 aromatic heterocycles. The molecule has 10 heteroatoms. The number of hydrogen-bond donors (Lipinski definition) is 1. The van der Waals surface area contributed by atoms with E-state index in [4.69, 9.17) is 25.6 Å². The predicted molar refractivity (Wildman–Crippen MR) is 133 cm³/mol. The minimum absolute atomic E-state index is 0.0146.